The van der Waals surface area contributed by atoms with Gasteiger partial charge < -0.3 is 10.1 Å². The van der Waals surface area contributed by atoms with Crippen molar-refractivity contribution in [2.75, 3.05) is 20.2 Å². The third kappa shape index (κ3) is 3.96. The number of unbranched alkanes of at least 4 members (excludes halogenated alkanes) is 1. The van der Waals surface area contributed by atoms with Gasteiger partial charge in [-0.05, 0) is 26.4 Å². The molecule has 0 atom stereocenters. The number of ether oxygens (including phenoxy) is 1. The van der Waals surface area contributed by atoms with E-state index < -0.39 is 0 Å². The van der Waals surface area contributed by atoms with Gasteiger partial charge in [0, 0.05) is 0 Å². The second-order valence-corrected chi connectivity index (χ2v) is 5.45. The van der Waals surface area contributed by atoms with Gasteiger partial charge in [0.1, 0.15) is 10.0 Å². The van der Waals surface area contributed by atoms with Crippen LogP contribution >= 0.6 is 58.0 Å². The molecule has 1 aromatic rings. The van der Waals surface area contributed by atoms with Gasteiger partial charge in [0.15, 0.2) is 5.75 Å². The van der Waals surface area contributed by atoms with Crippen LogP contribution in [0.25, 0.3) is 0 Å². The number of rotatable bonds is 6. The first-order valence-electron chi connectivity index (χ1n) is 5.29. The molecule has 2 nitrogen and oxygen atoms in total. The summed E-state index contributed by atoms with van der Waals surface area (Å²) in [5.41, 5.74) is 0. The van der Waals surface area contributed by atoms with Crippen LogP contribution in [0.3, 0.4) is 0 Å². The van der Waals surface area contributed by atoms with Crippen molar-refractivity contribution in [2.45, 2.75) is 12.8 Å². The highest BCUT2D eigenvalue weighted by Gasteiger charge is 2.20. The molecule has 1 N–H and O–H groups in total. The molecule has 0 aliphatic rings. The summed E-state index contributed by atoms with van der Waals surface area (Å²) in [6.45, 7) is 1.41. The fraction of sp³-hybridized carbons (Fsp3) is 0.455. The molecular weight excluding hydrogens is 339 g/mol. The molecule has 0 amide bonds. The molecule has 0 aliphatic carbocycles. The highest BCUT2D eigenvalue weighted by atomic mass is 35.5. The number of nitrogens with one attached hydrogen (secondary N) is 1. The van der Waals surface area contributed by atoms with Crippen LogP contribution in [0.1, 0.15) is 12.8 Å². The van der Waals surface area contributed by atoms with Crippen LogP contribution < -0.4 is 10.1 Å². The highest BCUT2D eigenvalue weighted by Crippen LogP contribution is 2.48. The average Bonchev–Trinajstić information content (AvgIpc) is 2.37. The lowest BCUT2D eigenvalue weighted by atomic mass is 10.3. The van der Waals surface area contributed by atoms with Gasteiger partial charge in [0.2, 0.25) is 0 Å². The van der Waals surface area contributed by atoms with E-state index in [9.17, 15) is 0 Å². The summed E-state index contributed by atoms with van der Waals surface area (Å²) in [5, 5.41) is 3.85. The van der Waals surface area contributed by atoms with Crippen LogP contribution in [0.4, 0.5) is 0 Å². The zero-order chi connectivity index (χ0) is 13.7. The second kappa shape index (κ2) is 7.88. The first-order chi connectivity index (χ1) is 8.50. The topological polar surface area (TPSA) is 21.3 Å². The number of hydrogen-bond donors (Lipinski definition) is 1. The Morgan fingerprint density at radius 2 is 1.33 bits per heavy atom. The van der Waals surface area contributed by atoms with E-state index in [4.69, 9.17) is 62.7 Å². The normalized spacial score (nSPS) is 10.8. The van der Waals surface area contributed by atoms with E-state index in [1.807, 2.05) is 7.05 Å². The van der Waals surface area contributed by atoms with E-state index in [1.54, 1.807) is 0 Å². The lowest BCUT2D eigenvalue weighted by Gasteiger charge is -2.13. The predicted molar refractivity (Wildman–Crippen MR) is 80.1 cm³/mol. The van der Waals surface area contributed by atoms with Gasteiger partial charge in [0.05, 0.1) is 21.7 Å². The summed E-state index contributed by atoms with van der Waals surface area (Å²) in [7, 11) is 1.90. The molecule has 0 bridgehead atoms. The van der Waals surface area contributed by atoms with Gasteiger partial charge in [0.25, 0.3) is 0 Å². The molecule has 0 saturated heterocycles. The highest BCUT2D eigenvalue weighted by molar-refractivity contribution is 6.55. The van der Waals surface area contributed by atoms with Crippen LogP contribution in [0, 0.1) is 0 Å². The van der Waals surface area contributed by atoms with Crippen molar-refractivity contribution in [3.8, 4) is 5.75 Å². The molecule has 0 aromatic heterocycles. The minimum absolute atomic E-state index is 0.135. The number of hydrogen-bond acceptors (Lipinski definition) is 2. The molecule has 7 heteroatoms. The standard InChI is InChI=1S/C11H12Cl5NO/c1-17-4-2-3-5-18-11-9(15)7(13)6(12)8(14)10(11)16/h17H,2-5H2,1H3. The fourth-order valence-electron chi connectivity index (χ4n) is 1.29. The summed E-state index contributed by atoms with van der Waals surface area (Å²) in [4.78, 5) is 0. The maximum absolute atomic E-state index is 6.02. The summed E-state index contributed by atoms with van der Waals surface area (Å²) in [6, 6.07) is 0. The molecule has 0 spiro atoms. The molecule has 18 heavy (non-hydrogen) atoms. The Balaban J connectivity index is 2.77. The van der Waals surface area contributed by atoms with Crippen molar-refractivity contribution in [2.24, 2.45) is 0 Å². The molecule has 0 unspecified atom stereocenters. The lowest BCUT2D eigenvalue weighted by Crippen LogP contribution is -2.09. The Labute approximate surface area is 131 Å². The van der Waals surface area contributed by atoms with Crippen LogP contribution in [0.15, 0.2) is 0 Å². The first-order valence-corrected chi connectivity index (χ1v) is 7.18. The second-order valence-electron chi connectivity index (χ2n) is 3.56. The van der Waals surface area contributed by atoms with Crippen molar-refractivity contribution in [1.82, 2.24) is 5.32 Å². The Bertz CT molecular complexity index is 395. The van der Waals surface area contributed by atoms with Crippen LogP contribution in [0.5, 0.6) is 5.75 Å². The Hall–Kier alpha value is 0.430. The van der Waals surface area contributed by atoms with E-state index in [-0.39, 0.29) is 30.9 Å². The van der Waals surface area contributed by atoms with E-state index >= 15 is 0 Å². The minimum atomic E-state index is 0.135. The molecule has 0 heterocycles. The van der Waals surface area contributed by atoms with E-state index in [0.29, 0.717) is 6.61 Å². The minimum Gasteiger partial charge on any atom is -0.490 e. The van der Waals surface area contributed by atoms with Gasteiger partial charge in [-0.2, -0.15) is 0 Å². The largest absolute Gasteiger partial charge is 0.490 e. The van der Waals surface area contributed by atoms with Gasteiger partial charge in [-0.3, -0.25) is 0 Å². The summed E-state index contributed by atoms with van der Waals surface area (Å²) >= 11 is 29.8. The SMILES string of the molecule is CNCCCCOc1c(Cl)c(Cl)c(Cl)c(Cl)c1Cl. The van der Waals surface area contributed by atoms with E-state index in [2.05, 4.69) is 5.32 Å². The lowest BCUT2D eigenvalue weighted by molar-refractivity contribution is 0.307. The average molecular weight is 351 g/mol. The monoisotopic (exact) mass is 349 g/mol. The van der Waals surface area contributed by atoms with Crippen molar-refractivity contribution in [3.63, 3.8) is 0 Å². The zero-order valence-corrected chi connectivity index (χ0v) is 13.4. The smallest absolute Gasteiger partial charge is 0.159 e. The van der Waals surface area contributed by atoms with Gasteiger partial charge in [-0.15, -0.1) is 0 Å². The maximum Gasteiger partial charge on any atom is 0.159 e. The van der Waals surface area contributed by atoms with Crippen LogP contribution in [-0.4, -0.2) is 20.2 Å². The molecule has 102 valence electrons. The van der Waals surface area contributed by atoms with E-state index in [1.165, 1.54) is 0 Å². The van der Waals surface area contributed by atoms with Gasteiger partial charge in [-0.1, -0.05) is 58.0 Å². The summed E-state index contributed by atoms with van der Waals surface area (Å²) in [6.07, 6.45) is 1.85. The van der Waals surface area contributed by atoms with Crippen LogP contribution in [0.2, 0.25) is 25.1 Å². The Kier molecular flexibility index (Phi) is 7.22. The third-order valence-electron chi connectivity index (χ3n) is 2.24. The van der Waals surface area contributed by atoms with Gasteiger partial charge in [-0.25, -0.2) is 0 Å². The van der Waals surface area contributed by atoms with Gasteiger partial charge >= 0.3 is 0 Å². The first kappa shape index (κ1) is 16.5. The Morgan fingerprint density at radius 3 is 1.83 bits per heavy atom. The van der Waals surface area contributed by atoms with Crippen molar-refractivity contribution < 1.29 is 4.74 Å². The van der Waals surface area contributed by atoms with E-state index in [0.717, 1.165) is 19.4 Å². The quantitative estimate of drug-likeness (QED) is 0.425. The molecule has 0 aliphatic heterocycles. The van der Waals surface area contributed by atoms with Crippen molar-refractivity contribution >= 4 is 58.0 Å². The molecule has 1 rings (SSSR count). The third-order valence-corrected chi connectivity index (χ3v) is 4.48. The van der Waals surface area contributed by atoms with Crippen molar-refractivity contribution in [3.05, 3.63) is 25.1 Å². The zero-order valence-electron chi connectivity index (χ0n) is 9.63. The molecule has 1 aromatic carbocycles. The molecule has 0 fully saturated rings. The maximum atomic E-state index is 6.02. The number of halogens is 5. The summed E-state index contributed by atoms with van der Waals surface area (Å²) < 4.78 is 5.51. The predicted octanol–water partition coefficient (Wildman–Crippen LogP) is 5.33. The molecule has 0 radical (unpaired) electrons. The Morgan fingerprint density at radius 1 is 0.833 bits per heavy atom. The molecular formula is C11H12Cl5NO. The van der Waals surface area contributed by atoms with Crippen molar-refractivity contribution in [1.29, 1.82) is 0 Å². The fourth-order valence-corrected chi connectivity index (χ4v) is 2.52. The summed E-state index contributed by atoms with van der Waals surface area (Å²) in [5.74, 6) is 0.280. The van der Waals surface area contributed by atoms with Crippen LogP contribution in [-0.2, 0) is 0 Å². The number of benzene rings is 1. The molecule has 0 saturated carbocycles.